The molecule has 0 aliphatic heterocycles. The van der Waals surface area contributed by atoms with Crippen LogP contribution in [-0.4, -0.2) is 12.7 Å². The van der Waals surface area contributed by atoms with Gasteiger partial charge in [-0.05, 0) is 116 Å². The van der Waals surface area contributed by atoms with Crippen molar-refractivity contribution in [1.82, 2.24) is 0 Å². The molecule has 1 N–H and O–H groups in total. The van der Waals surface area contributed by atoms with E-state index < -0.39 is 0 Å². The summed E-state index contributed by atoms with van der Waals surface area (Å²) in [7, 11) is 0.687. The third kappa shape index (κ3) is 8.42. The molecule has 8 aromatic carbocycles. The Hall–Kier alpha value is -4.90. The van der Waals surface area contributed by atoms with E-state index in [0.717, 1.165) is 0 Å². The average Bonchev–Trinajstić information content (AvgIpc) is 3.14. The monoisotopic (exact) mass is 745 g/mol. The van der Waals surface area contributed by atoms with Gasteiger partial charge in [0.05, 0.1) is 5.75 Å². The molecule has 0 bridgehead atoms. The quantitative estimate of drug-likeness (QED) is 0.144. The fourth-order valence-electron chi connectivity index (χ4n) is 6.51. The highest BCUT2D eigenvalue weighted by Crippen LogP contribution is 2.37. The zero-order valence-corrected chi connectivity index (χ0v) is 32.4. The predicted octanol–water partition coefficient (Wildman–Crippen LogP) is 13.7. The Morgan fingerprint density at radius 2 is 0.827 bits per heavy atom. The molecule has 0 saturated carbocycles. The van der Waals surface area contributed by atoms with E-state index in [-0.39, 0.29) is 12.3 Å². The standard InChI is InChI=1S/C24H22.C14H9Br.C10H14BO2.H/c1-24(2,3)20-14-12-17(13-15-20)23-21-10-6-4-8-18(21)16-19-9-5-7-11-22(19)23;15-14-12-7-3-1-5-10(12)9-11-6-2-4-8-13(11)14;1-10(2,3)8-4-6-9(7-5-8)13-11-12;/h4-16H,1-3H3;1-9H;4-7,12H,1-3H3;/q;;;-1/i;;;1+1. The first-order chi connectivity index (χ1) is 24.9. The van der Waals surface area contributed by atoms with E-state index in [0.29, 0.717) is 13.4 Å². The maximum Gasteiger partial charge on any atom is 0.569 e. The van der Waals surface area contributed by atoms with Crippen molar-refractivity contribution in [3.05, 3.63) is 173 Å². The molecule has 2 nitrogen and oxygen atoms in total. The van der Waals surface area contributed by atoms with Crippen LogP contribution < -0.4 is 4.65 Å². The van der Waals surface area contributed by atoms with Gasteiger partial charge in [-0.2, -0.15) is 0 Å². The fourth-order valence-corrected chi connectivity index (χ4v) is 7.24. The van der Waals surface area contributed by atoms with Gasteiger partial charge in [0.25, 0.3) is 0 Å². The molecule has 261 valence electrons. The first kappa shape index (κ1) is 36.9. The van der Waals surface area contributed by atoms with Crippen LogP contribution in [0.3, 0.4) is 0 Å². The summed E-state index contributed by atoms with van der Waals surface area (Å²) in [5, 5.41) is 18.7. The highest BCUT2D eigenvalue weighted by atomic mass is 79.9. The lowest BCUT2D eigenvalue weighted by molar-refractivity contribution is 0.453. The molecule has 0 amide bonds. The van der Waals surface area contributed by atoms with Gasteiger partial charge in [-0.1, -0.05) is 175 Å². The summed E-state index contributed by atoms with van der Waals surface area (Å²) in [5.74, 6) is 0.649. The van der Waals surface area contributed by atoms with Crippen molar-refractivity contribution in [2.24, 2.45) is 0 Å². The van der Waals surface area contributed by atoms with Gasteiger partial charge in [0.1, 0.15) is 0 Å². The molecule has 52 heavy (non-hydrogen) atoms. The number of benzene rings is 8. The van der Waals surface area contributed by atoms with Gasteiger partial charge in [0.2, 0.25) is 0 Å². The summed E-state index contributed by atoms with van der Waals surface area (Å²) in [4.78, 5) is 0. The normalized spacial score (nSPS) is 11.5. The van der Waals surface area contributed by atoms with Gasteiger partial charge >= 0.3 is 7.69 Å². The smallest absolute Gasteiger partial charge is 0.569 e. The molecule has 1 radical (unpaired) electrons. The predicted molar refractivity (Wildman–Crippen MR) is 230 cm³/mol. The number of fused-ring (bicyclic) bond motifs is 4. The summed E-state index contributed by atoms with van der Waals surface area (Å²) in [5.41, 5.74) is 5.58. The van der Waals surface area contributed by atoms with Crippen molar-refractivity contribution in [1.29, 1.82) is 0 Å². The van der Waals surface area contributed by atoms with Crippen molar-refractivity contribution >= 4 is 66.7 Å². The third-order valence-corrected chi connectivity index (χ3v) is 10.3. The Morgan fingerprint density at radius 1 is 0.481 bits per heavy atom. The molecule has 4 heteroatoms. The Balaban J connectivity index is 0.000000162. The highest BCUT2D eigenvalue weighted by Gasteiger charge is 2.15. The van der Waals surface area contributed by atoms with Gasteiger partial charge in [-0.25, -0.2) is 0 Å². The van der Waals surface area contributed by atoms with E-state index in [1.165, 1.54) is 69.8 Å². The first-order valence-corrected chi connectivity index (χ1v) is 18.5. The lowest BCUT2D eigenvalue weighted by Gasteiger charge is -2.20. The third-order valence-electron chi connectivity index (χ3n) is 9.43. The van der Waals surface area contributed by atoms with E-state index in [1.807, 2.05) is 24.3 Å². The molecule has 0 unspecified atom stereocenters. The second-order valence-corrected chi connectivity index (χ2v) is 15.9. The van der Waals surface area contributed by atoms with Crippen LogP contribution >= 0.6 is 15.9 Å². The second kappa shape index (κ2) is 15.8. The Bertz CT molecular complexity index is 2340. The minimum atomic E-state index is 0. The lowest BCUT2D eigenvalue weighted by atomic mass is 9.85. The molecule has 8 rings (SSSR count). The molecule has 0 aliphatic carbocycles. The molecular formula is C48H46BBrO2-. The lowest BCUT2D eigenvalue weighted by Crippen LogP contribution is -2.10. The van der Waals surface area contributed by atoms with Crippen molar-refractivity contribution in [2.75, 3.05) is 0 Å². The molecule has 0 atom stereocenters. The summed E-state index contributed by atoms with van der Waals surface area (Å²) >= 11 is 3.68. The molecule has 0 fully saturated rings. The Morgan fingerprint density at radius 3 is 1.21 bits per heavy atom. The van der Waals surface area contributed by atoms with E-state index in [4.69, 9.17) is 9.68 Å². The Labute approximate surface area is 319 Å². The number of rotatable bonds is 3. The maximum absolute atomic E-state index is 8.40. The Kier molecular flexibility index (Phi) is 11.2. The molecule has 0 heterocycles. The van der Waals surface area contributed by atoms with E-state index in [1.54, 1.807) is 0 Å². The van der Waals surface area contributed by atoms with Crippen LogP contribution in [0.4, 0.5) is 0 Å². The van der Waals surface area contributed by atoms with Crippen LogP contribution in [0.2, 0.25) is 0 Å². The van der Waals surface area contributed by atoms with Crippen LogP contribution in [0, 0.1) is 0 Å². The van der Waals surface area contributed by atoms with Gasteiger partial charge in [0.15, 0.2) is 0 Å². The van der Waals surface area contributed by atoms with Crippen molar-refractivity contribution in [2.45, 2.75) is 52.4 Å². The van der Waals surface area contributed by atoms with E-state index in [9.17, 15) is 0 Å². The zero-order chi connectivity index (χ0) is 36.9. The first-order valence-electron chi connectivity index (χ1n) is 17.7. The van der Waals surface area contributed by atoms with E-state index in [2.05, 4.69) is 191 Å². The van der Waals surface area contributed by atoms with Gasteiger partial charge in [-0.3, -0.25) is 0 Å². The van der Waals surface area contributed by atoms with Gasteiger partial charge in [0, 0.05) is 4.47 Å². The minimum Gasteiger partial charge on any atom is -1.00 e. The minimum absolute atomic E-state index is 0. The fraction of sp³-hybridized carbons (Fsp3) is 0.167. The summed E-state index contributed by atoms with van der Waals surface area (Å²) < 4.78 is 5.99. The van der Waals surface area contributed by atoms with Crippen LogP contribution in [0.5, 0.6) is 5.75 Å². The van der Waals surface area contributed by atoms with Crippen LogP contribution in [0.1, 0.15) is 54.1 Å². The molecule has 0 saturated heterocycles. The van der Waals surface area contributed by atoms with Gasteiger partial charge < -0.3 is 11.1 Å². The highest BCUT2D eigenvalue weighted by molar-refractivity contribution is 9.10. The molecule has 0 aliphatic rings. The van der Waals surface area contributed by atoms with Crippen LogP contribution in [0.15, 0.2) is 162 Å². The molecule has 0 spiro atoms. The second-order valence-electron chi connectivity index (χ2n) is 15.2. The van der Waals surface area contributed by atoms with Gasteiger partial charge in [-0.15, -0.1) is 0 Å². The van der Waals surface area contributed by atoms with Crippen LogP contribution in [0.25, 0.3) is 54.2 Å². The molecule has 0 aromatic heterocycles. The topological polar surface area (TPSA) is 29.5 Å². The average molecular weight is 747 g/mol. The summed E-state index contributed by atoms with van der Waals surface area (Å²) in [6, 6.07) is 55.5. The summed E-state index contributed by atoms with van der Waals surface area (Å²) in [6.07, 6.45) is 0. The molecule has 8 aromatic rings. The number of halogens is 1. The zero-order valence-electron chi connectivity index (χ0n) is 31.8. The van der Waals surface area contributed by atoms with Crippen LogP contribution in [-0.2, 0) is 10.8 Å². The SMILES string of the molecule is Brc1c2ccccc2cc2ccccc12.CC(C)(C)c1ccc(-c2c3ccccc3cc3ccccc23)cc1.CC(C)(C)c1ccc(O[B]O)cc1.[2H-]. The number of hydrogen-bond acceptors (Lipinski definition) is 2. The number of hydrogen-bond donors (Lipinski definition) is 1. The molecular weight excluding hydrogens is 699 g/mol. The summed E-state index contributed by atoms with van der Waals surface area (Å²) in [6.45, 7) is 13.2. The maximum atomic E-state index is 8.40. The van der Waals surface area contributed by atoms with Crippen molar-refractivity contribution < 1.29 is 11.1 Å². The van der Waals surface area contributed by atoms with Crippen molar-refractivity contribution in [3.63, 3.8) is 0 Å². The largest absolute Gasteiger partial charge is 1.00 e. The van der Waals surface area contributed by atoms with E-state index >= 15 is 0 Å². The van der Waals surface area contributed by atoms with Crippen molar-refractivity contribution in [3.8, 4) is 16.9 Å².